The SMILES string of the molecule is O=c1[nH]n(-c2ccc[se]2)c(=O)c2ccccc12. The van der Waals surface area contributed by atoms with Gasteiger partial charge < -0.3 is 0 Å². The number of H-pyrrole nitrogens is 1. The van der Waals surface area contributed by atoms with Gasteiger partial charge in [0.1, 0.15) is 0 Å². The molecule has 0 aliphatic heterocycles. The Balaban J connectivity index is 2.48. The zero-order valence-electron chi connectivity index (χ0n) is 8.71. The molecular weight excluding hydrogens is 283 g/mol. The van der Waals surface area contributed by atoms with Crippen LogP contribution in [0.2, 0.25) is 0 Å². The van der Waals surface area contributed by atoms with E-state index in [1.165, 1.54) is 4.68 Å². The van der Waals surface area contributed by atoms with E-state index in [-0.39, 0.29) is 25.6 Å². The molecule has 0 saturated carbocycles. The summed E-state index contributed by atoms with van der Waals surface area (Å²) in [5.41, 5.74) is -0.402. The Morgan fingerprint density at radius 3 is 2.47 bits per heavy atom. The molecule has 4 nitrogen and oxygen atoms in total. The van der Waals surface area contributed by atoms with E-state index in [0.29, 0.717) is 10.8 Å². The second kappa shape index (κ2) is 3.87. The van der Waals surface area contributed by atoms with E-state index in [2.05, 4.69) is 5.10 Å². The summed E-state index contributed by atoms with van der Waals surface area (Å²) in [5, 5.41) is 3.51. The zero-order valence-corrected chi connectivity index (χ0v) is 10.4. The predicted molar refractivity (Wildman–Crippen MR) is 67.1 cm³/mol. The van der Waals surface area contributed by atoms with Crippen molar-refractivity contribution >= 4 is 25.3 Å². The minimum atomic E-state index is -0.233. The average Bonchev–Trinajstić information content (AvgIpc) is 2.87. The van der Waals surface area contributed by atoms with Crippen molar-refractivity contribution in [3.63, 3.8) is 0 Å². The number of nitrogens with one attached hydrogen (secondary N) is 1. The zero-order chi connectivity index (χ0) is 11.8. The molecule has 84 valence electrons. The summed E-state index contributed by atoms with van der Waals surface area (Å²) in [5.74, 6) is 0. The normalized spacial score (nSPS) is 10.8. The van der Waals surface area contributed by atoms with Gasteiger partial charge in [-0.2, -0.15) is 0 Å². The van der Waals surface area contributed by atoms with Crippen molar-refractivity contribution in [2.75, 3.05) is 0 Å². The molecule has 0 atom stereocenters. The molecule has 0 unspecified atom stereocenters. The number of rotatable bonds is 1. The molecular formula is C12H8N2O2Se. The van der Waals surface area contributed by atoms with Crippen molar-refractivity contribution in [1.82, 2.24) is 9.78 Å². The van der Waals surface area contributed by atoms with Gasteiger partial charge in [0.25, 0.3) is 0 Å². The van der Waals surface area contributed by atoms with Crippen LogP contribution in [0.3, 0.4) is 0 Å². The molecule has 2 aromatic heterocycles. The Morgan fingerprint density at radius 2 is 1.76 bits per heavy atom. The molecule has 1 aromatic carbocycles. The van der Waals surface area contributed by atoms with Crippen LogP contribution in [-0.2, 0) is 0 Å². The first-order valence-electron chi connectivity index (χ1n) is 5.05. The summed E-state index contributed by atoms with van der Waals surface area (Å²) in [4.78, 5) is 26.1. The summed E-state index contributed by atoms with van der Waals surface area (Å²) in [6.45, 7) is 0. The van der Waals surface area contributed by atoms with E-state index in [4.69, 9.17) is 0 Å². The number of aromatic nitrogens is 2. The maximum atomic E-state index is 12.2. The van der Waals surface area contributed by atoms with Gasteiger partial charge in [0.15, 0.2) is 0 Å². The van der Waals surface area contributed by atoms with Gasteiger partial charge in [-0.3, -0.25) is 0 Å². The fourth-order valence-corrected chi connectivity index (χ4v) is 3.20. The Kier molecular flexibility index (Phi) is 2.35. The Hall–Kier alpha value is -1.84. The van der Waals surface area contributed by atoms with Crippen LogP contribution in [0.15, 0.2) is 50.9 Å². The van der Waals surface area contributed by atoms with Gasteiger partial charge in [-0.25, -0.2) is 0 Å². The van der Waals surface area contributed by atoms with Crippen molar-refractivity contribution in [1.29, 1.82) is 0 Å². The second-order valence-electron chi connectivity index (χ2n) is 3.58. The van der Waals surface area contributed by atoms with Crippen LogP contribution in [0.5, 0.6) is 0 Å². The summed E-state index contributed by atoms with van der Waals surface area (Å²) < 4.78 is 2.20. The van der Waals surface area contributed by atoms with E-state index in [1.54, 1.807) is 24.3 Å². The molecule has 3 rings (SSSR count). The topological polar surface area (TPSA) is 54.9 Å². The third-order valence-corrected chi connectivity index (χ3v) is 4.34. The summed E-state index contributed by atoms with van der Waals surface area (Å²) in [6.07, 6.45) is 0. The van der Waals surface area contributed by atoms with Crippen LogP contribution in [0.1, 0.15) is 0 Å². The van der Waals surface area contributed by atoms with Crippen molar-refractivity contribution in [3.8, 4) is 4.56 Å². The molecule has 0 fully saturated rings. The number of nitrogens with zero attached hydrogens (tertiary/aromatic N) is 1. The molecule has 0 saturated heterocycles. The average molecular weight is 291 g/mol. The van der Waals surface area contributed by atoms with Crippen LogP contribution in [-0.4, -0.2) is 24.3 Å². The fourth-order valence-electron chi connectivity index (χ4n) is 1.75. The fraction of sp³-hybridized carbons (Fsp3) is 0. The third kappa shape index (κ3) is 1.60. The van der Waals surface area contributed by atoms with E-state index in [9.17, 15) is 9.59 Å². The molecule has 1 N–H and O–H groups in total. The number of fused-ring (bicyclic) bond motifs is 1. The molecule has 0 spiro atoms. The summed E-state index contributed by atoms with van der Waals surface area (Å²) in [7, 11) is 0. The first-order chi connectivity index (χ1) is 8.27. The van der Waals surface area contributed by atoms with Gasteiger partial charge in [-0.05, 0) is 0 Å². The Labute approximate surface area is 102 Å². The summed E-state index contributed by atoms with van der Waals surface area (Å²) in [6, 6.07) is 10.6. The summed E-state index contributed by atoms with van der Waals surface area (Å²) >= 11 is 0.106. The molecule has 0 amide bonds. The van der Waals surface area contributed by atoms with Gasteiger partial charge in [-0.15, -0.1) is 0 Å². The standard InChI is InChI=1S/C12H8N2O2Se/c15-11-8-4-1-2-5-9(8)12(16)14(13-11)10-6-3-7-17-10/h1-7H,(H,13,15). The number of aromatic amines is 1. The Bertz CT molecular complexity index is 784. The second-order valence-corrected chi connectivity index (χ2v) is 5.52. The first-order valence-corrected chi connectivity index (χ1v) is 6.90. The van der Waals surface area contributed by atoms with Crippen LogP contribution in [0, 0.1) is 0 Å². The van der Waals surface area contributed by atoms with E-state index < -0.39 is 0 Å². The number of benzene rings is 1. The monoisotopic (exact) mass is 292 g/mol. The van der Waals surface area contributed by atoms with E-state index >= 15 is 0 Å². The van der Waals surface area contributed by atoms with Crippen LogP contribution >= 0.6 is 0 Å². The quantitative estimate of drug-likeness (QED) is 0.672. The molecule has 0 aliphatic carbocycles. The minimum absolute atomic E-state index is 0.106. The molecule has 0 radical (unpaired) electrons. The van der Waals surface area contributed by atoms with E-state index in [0.717, 1.165) is 4.56 Å². The van der Waals surface area contributed by atoms with Crippen molar-refractivity contribution in [2.45, 2.75) is 0 Å². The molecule has 5 heteroatoms. The van der Waals surface area contributed by atoms with Gasteiger partial charge in [-0.1, -0.05) is 0 Å². The Morgan fingerprint density at radius 1 is 1.00 bits per heavy atom. The first kappa shape index (κ1) is 10.3. The number of hydrogen-bond acceptors (Lipinski definition) is 2. The predicted octanol–water partition coefficient (Wildman–Crippen LogP) is 0.736. The van der Waals surface area contributed by atoms with Gasteiger partial charge in [0.2, 0.25) is 0 Å². The number of hydrogen-bond donors (Lipinski definition) is 1. The van der Waals surface area contributed by atoms with Crippen LogP contribution in [0.25, 0.3) is 15.3 Å². The molecule has 0 aliphatic rings. The molecule has 3 aromatic rings. The van der Waals surface area contributed by atoms with Crippen LogP contribution < -0.4 is 11.1 Å². The van der Waals surface area contributed by atoms with Gasteiger partial charge in [0.05, 0.1) is 0 Å². The maximum absolute atomic E-state index is 12.2. The molecule has 0 bridgehead atoms. The van der Waals surface area contributed by atoms with Gasteiger partial charge in [0, 0.05) is 0 Å². The van der Waals surface area contributed by atoms with Gasteiger partial charge >= 0.3 is 102 Å². The molecule has 2 heterocycles. The third-order valence-electron chi connectivity index (χ3n) is 2.55. The van der Waals surface area contributed by atoms with Crippen molar-refractivity contribution < 1.29 is 0 Å². The van der Waals surface area contributed by atoms with Crippen LogP contribution in [0.4, 0.5) is 0 Å². The van der Waals surface area contributed by atoms with Crippen molar-refractivity contribution in [2.24, 2.45) is 0 Å². The van der Waals surface area contributed by atoms with E-state index in [1.807, 2.05) is 17.1 Å². The van der Waals surface area contributed by atoms with Crippen molar-refractivity contribution in [3.05, 3.63) is 62.0 Å². The molecule has 17 heavy (non-hydrogen) atoms.